The molecule has 0 unspecified atom stereocenters. The molecule has 0 atom stereocenters. The van der Waals surface area contributed by atoms with Crippen LogP contribution in [0.5, 0.6) is 0 Å². The maximum atomic E-state index is 12.6. The first-order chi connectivity index (χ1) is 13.1. The highest BCUT2D eigenvalue weighted by atomic mass is 35.5. The number of rotatable bonds is 4. The summed E-state index contributed by atoms with van der Waals surface area (Å²) in [5.41, 5.74) is 4.10. The number of hydrogen-bond acceptors (Lipinski definition) is 4. The van der Waals surface area contributed by atoms with E-state index in [0.29, 0.717) is 9.93 Å². The standard InChI is InChI=1S/C22H27ClN2O2S/c1-7-8-24-18-11-17(23)15(9-16(18)14(4)12-22(24,5)6)10-19-20(26)25(13(2)3)21(27)28-19/h9-13H,7-8H2,1-6H3/b19-10+. The Hall–Kier alpha value is -1.72. The van der Waals surface area contributed by atoms with Gasteiger partial charge in [-0.15, -0.1) is 0 Å². The molecule has 1 aromatic carbocycles. The Labute approximate surface area is 176 Å². The van der Waals surface area contributed by atoms with E-state index in [-0.39, 0.29) is 22.7 Å². The molecule has 0 radical (unpaired) electrons. The minimum atomic E-state index is -0.250. The van der Waals surface area contributed by atoms with Gasteiger partial charge in [0.1, 0.15) is 0 Å². The Bertz CT molecular complexity index is 902. The van der Waals surface area contributed by atoms with Crippen LogP contribution in [0.3, 0.4) is 0 Å². The molecule has 1 aromatic rings. The molecule has 3 rings (SSSR count). The van der Waals surface area contributed by atoms with Crippen molar-refractivity contribution in [3.05, 3.63) is 39.3 Å². The Morgan fingerprint density at radius 1 is 1.25 bits per heavy atom. The number of thioether (sulfide) groups is 1. The van der Waals surface area contributed by atoms with Gasteiger partial charge in [-0.3, -0.25) is 14.5 Å². The molecule has 0 aliphatic carbocycles. The fourth-order valence-corrected chi connectivity index (χ4v) is 5.09. The zero-order chi connectivity index (χ0) is 20.8. The highest BCUT2D eigenvalue weighted by Gasteiger charge is 2.37. The van der Waals surface area contributed by atoms with E-state index in [9.17, 15) is 9.59 Å². The third-order valence-corrected chi connectivity index (χ3v) is 6.38. The molecule has 0 N–H and O–H groups in total. The van der Waals surface area contributed by atoms with Gasteiger partial charge in [-0.1, -0.05) is 24.6 Å². The third-order valence-electron chi connectivity index (χ3n) is 5.17. The molecule has 2 amide bonds. The number of benzene rings is 1. The Kier molecular flexibility index (Phi) is 5.70. The normalized spacial score (nSPS) is 20.3. The van der Waals surface area contributed by atoms with Gasteiger partial charge in [-0.2, -0.15) is 0 Å². The van der Waals surface area contributed by atoms with Crippen molar-refractivity contribution in [3.63, 3.8) is 0 Å². The molecule has 2 aliphatic rings. The van der Waals surface area contributed by atoms with E-state index in [1.807, 2.05) is 26.0 Å². The van der Waals surface area contributed by atoms with Gasteiger partial charge in [-0.05, 0) is 82.1 Å². The van der Waals surface area contributed by atoms with Crippen LogP contribution in [0, 0.1) is 0 Å². The van der Waals surface area contributed by atoms with E-state index in [4.69, 9.17) is 11.6 Å². The first-order valence-electron chi connectivity index (χ1n) is 9.65. The lowest BCUT2D eigenvalue weighted by Crippen LogP contribution is -2.45. The highest BCUT2D eigenvalue weighted by Crippen LogP contribution is 2.43. The Balaban J connectivity index is 2.06. The molecule has 2 aliphatic heterocycles. The summed E-state index contributed by atoms with van der Waals surface area (Å²) in [6.07, 6.45) is 5.06. The molecule has 4 nitrogen and oxygen atoms in total. The number of allylic oxidation sites excluding steroid dienone is 1. The smallest absolute Gasteiger partial charge is 0.293 e. The lowest BCUT2D eigenvalue weighted by Gasteiger charge is -2.43. The minimum Gasteiger partial charge on any atom is -0.362 e. The molecule has 2 heterocycles. The predicted molar refractivity (Wildman–Crippen MR) is 120 cm³/mol. The van der Waals surface area contributed by atoms with Gasteiger partial charge in [-0.25, -0.2) is 0 Å². The lowest BCUT2D eigenvalue weighted by molar-refractivity contribution is -0.123. The summed E-state index contributed by atoms with van der Waals surface area (Å²) in [5, 5.41) is 0.356. The van der Waals surface area contributed by atoms with Crippen LogP contribution < -0.4 is 4.90 Å². The second kappa shape index (κ2) is 7.60. The number of hydrogen-bond donors (Lipinski definition) is 0. The van der Waals surface area contributed by atoms with Gasteiger partial charge < -0.3 is 4.90 Å². The monoisotopic (exact) mass is 418 g/mol. The zero-order valence-corrected chi connectivity index (χ0v) is 18.9. The van der Waals surface area contributed by atoms with E-state index in [1.54, 1.807) is 6.08 Å². The van der Waals surface area contributed by atoms with Gasteiger partial charge in [0.25, 0.3) is 11.1 Å². The van der Waals surface area contributed by atoms with E-state index in [0.717, 1.165) is 41.5 Å². The summed E-state index contributed by atoms with van der Waals surface area (Å²) in [5.74, 6) is -0.250. The summed E-state index contributed by atoms with van der Waals surface area (Å²) < 4.78 is 0. The molecule has 0 spiro atoms. The fraction of sp³-hybridized carbons (Fsp3) is 0.455. The first kappa shape index (κ1) is 21.0. The van der Waals surface area contributed by atoms with Gasteiger partial charge in [0.15, 0.2) is 0 Å². The largest absolute Gasteiger partial charge is 0.362 e. The molecular formula is C22H27ClN2O2S. The summed E-state index contributed by atoms with van der Waals surface area (Å²) in [4.78, 5) is 28.8. The van der Waals surface area contributed by atoms with Crippen LogP contribution in [0.4, 0.5) is 10.5 Å². The van der Waals surface area contributed by atoms with Gasteiger partial charge in [0, 0.05) is 28.9 Å². The summed E-state index contributed by atoms with van der Waals surface area (Å²) in [7, 11) is 0. The number of imide groups is 1. The number of fused-ring (bicyclic) bond motifs is 1. The zero-order valence-electron chi connectivity index (χ0n) is 17.3. The van der Waals surface area contributed by atoms with Crippen molar-refractivity contribution in [2.24, 2.45) is 0 Å². The van der Waals surface area contributed by atoms with E-state index >= 15 is 0 Å². The fourth-order valence-electron chi connectivity index (χ4n) is 3.92. The van der Waals surface area contributed by atoms with E-state index in [2.05, 4.69) is 38.7 Å². The minimum absolute atomic E-state index is 0.0855. The quantitative estimate of drug-likeness (QED) is 0.546. The second-order valence-electron chi connectivity index (χ2n) is 8.17. The number of halogens is 1. The maximum absolute atomic E-state index is 12.6. The number of nitrogens with zero attached hydrogens (tertiary/aromatic N) is 2. The summed E-state index contributed by atoms with van der Waals surface area (Å²) >= 11 is 7.59. The molecule has 6 heteroatoms. The molecule has 0 saturated carbocycles. The SMILES string of the molecule is CCCN1c2cc(Cl)c(/C=C3/SC(=O)N(C(C)C)C3=O)cc2C(C)=CC1(C)C. The number of carbonyl (C=O) groups excluding carboxylic acids is 2. The van der Waals surface area contributed by atoms with Crippen molar-refractivity contribution in [2.45, 2.75) is 59.5 Å². The molecule has 1 fully saturated rings. The number of carbonyl (C=O) groups is 2. The van der Waals surface area contributed by atoms with Crippen LogP contribution in [-0.2, 0) is 4.79 Å². The molecule has 150 valence electrons. The number of anilines is 1. The van der Waals surface area contributed by atoms with Crippen molar-refractivity contribution in [2.75, 3.05) is 11.4 Å². The molecular weight excluding hydrogens is 392 g/mol. The van der Waals surface area contributed by atoms with E-state index in [1.165, 1.54) is 10.5 Å². The summed E-state index contributed by atoms with van der Waals surface area (Å²) in [6.45, 7) is 13.3. The predicted octanol–water partition coefficient (Wildman–Crippen LogP) is 6.20. The Morgan fingerprint density at radius 3 is 2.50 bits per heavy atom. The molecule has 28 heavy (non-hydrogen) atoms. The molecule has 0 aromatic heterocycles. The number of amides is 2. The highest BCUT2D eigenvalue weighted by molar-refractivity contribution is 8.18. The van der Waals surface area contributed by atoms with Gasteiger partial charge in [0.2, 0.25) is 0 Å². The third kappa shape index (κ3) is 3.62. The van der Waals surface area contributed by atoms with Gasteiger partial charge in [0.05, 0.1) is 10.4 Å². The first-order valence-corrected chi connectivity index (χ1v) is 10.8. The van der Waals surface area contributed by atoms with Crippen LogP contribution in [-0.4, -0.2) is 34.2 Å². The molecule has 1 saturated heterocycles. The Morgan fingerprint density at radius 2 is 1.93 bits per heavy atom. The van der Waals surface area contributed by atoms with Crippen molar-refractivity contribution in [3.8, 4) is 0 Å². The average molecular weight is 419 g/mol. The lowest BCUT2D eigenvalue weighted by atomic mass is 9.87. The van der Waals surface area contributed by atoms with Crippen molar-refractivity contribution in [1.29, 1.82) is 0 Å². The van der Waals surface area contributed by atoms with Crippen LogP contribution in [0.25, 0.3) is 11.6 Å². The van der Waals surface area contributed by atoms with Crippen molar-refractivity contribution < 1.29 is 9.59 Å². The molecule has 0 bridgehead atoms. The van der Waals surface area contributed by atoms with Crippen LogP contribution >= 0.6 is 23.4 Å². The maximum Gasteiger partial charge on any atom is 0.293 e. The van der Waals surface area contributed by atoms with Crippen LogP contribution in [0.15, 0.2) is 23.1 Å². The van der Waals surface area contributed by atoms with Crippen molar-refractivity contribution >= 4 is 51.8 Å². The van der Waals surface area contributed by atoms with Crippen LogP contribution in [0.2, 0.25) is 5.02 Å². The van der Waals surface area contributed by atoms with Gasteiger partial charge >= 0.3 is 0 Å². The topological polar surface area (TPSA) is 40.6 Å². The average Bonchev–Trinajstić information content (AvgIpc) is 2.86. The van der Waals surface area contributed by atoms with Crippen molar-refractivity contribution in [1.82, 2.24) is 4.90 Å². The second-order valence-corrected chi connectivity index (χ2v) is 9.57. The van der Waals surface area contributed by atoms with E-state index < -0.39 is 0 Å². The van der Waals surface area contributed by atoms with Crippen LogP contribution in [0.1, 0.15) is 59.1 Å². The summed E-state index contributed by atoms with van der Waals surface area (Å²) in [6, 6.07) is 3.86.